The van der Waals surface area contributed by atoms with E-state index in [0.29, 0.717) is 35.5 Å². The van der Waals surface area contributed by atoms with Gasteiger partial charge in [0.2, 0.25) is 11.7 Å². The van der Waals surface area contributed by atoms with Gasteiger partial charge in [-0.15, -0.1) is 0 Å². The SMILES string of the molecule is CN1O[C@]2(C[C@@H]([C@H]3CCCOC3)Oc3ccc(-c4cc(F)cc(F)c4)cc32)N=C1N. The van der Waals surface area contributed by atoms with E-state index in [1.165, 1.54) is 17.2 Å². The van der Waals surface area contributed by atoms with Gasteiger partial charge in [-0.05, 0) is 48.2 Å². The van der Waals surface area contributed by atoms with Gasteiger partial charge in [0.1, 0.15) is 23.5 Å². The van der Waals surface area contributed by atoms with Gasteiger partial charge in [0.05, 0.1) is 12.2 Å². The summed E-state index contributed by atoms with van der Waals surface area (Å²) in [5.74, 6) is -0.144. The summed E-state index contributed by atoms with van der Waals surface area (Å²) < 4.78 is 39.5. The summed E-state index contributed by atoms with van der Waals surface area (Å²) >= 11 is 0. The molecule has 5 rings (SSSR count). The van der Waals surface area contributed by atoms with Crippen molar-refractivity contribution >= 4 is 5.96 Å². The molecule has 3 atom stereocenters. The lowest BCUT2D eigenvalue weighted by molar-refractivity contribution is -0.196. The normalized spacial score (nSPS) is 28.2. The third kappa shape index (κ3) is 3.30. The monoisotopic (exact) mass is 415 g/mol. The Morgan fingerprint density at radius 1 is 1.13 bits per heavy atom. The van der Waals surface area contributed by atoms with Crippen LogP contribution in [0.3, 0.4) is 0 Å². The van der Waals surface area contributed by atoms with Gasteiger partial charge in [0.25, 0.3) is 0 Å². The Hall–Kier alpha value is -2.71. The number of hydrogen-bond acceptors (Lipinski definition) is 6. The zero-order valence-electron chi connectivity index (χ0n) is 16.6. The number of benzene rings is 2. The molecule has 0 aliphatic carbocycles. The standard InChI is InChI=1S/C22H23F2N3O3/c1-27-21(25)26-22(30-27)11-20(14-3-2-6-28-12-14)29-19-5-4-13(9-18(19)22)15-7-16(23)10-17(24)8-15/h4-5,7-10,14,20H,2-3,6,11-12H2,1H3,(H2,25,26)/t14-,20-,22-/m0/s1. The van der Waals surface area contributed by atoms with Gasteiger partial charge in [0.15, 0.2) is 0 Å². The third-order valence-corrected chi connectivity index (χ3v) is 5.98. The van der Waals surface area contributed by atoms with Crippen LogP contribution >= 0.6 is 0 Å². The zero-order chi connectivity index (χ0) is 20.9. The number of hydrogen-bond donors (Lipinski definition) is 1. The molecule has 0 unspecified atom stereocenters. The predicted octanol–water partition coefficient (Wildman–Crippen LogP) is 3.55. The van der Waals surface area contributed by atoms with Crippen molar-refractivity contribution in [3.05, 3.63) is 53.6 Å². The number of fused-ring (bicyclic) bond motifs is 2. The van der Waals surface area contributed by atoms with Crippen molar-refractivity contribution in [2.45, 2.75) is 31.1 Å². The molecule has 30 heavy (non-hydrogen) atoms. The minimum Gasteiger partial charge on any atom is -0.489 e. The summed E-state index contributed by atoms with van der Waals surface area (Å²) in [7, 11) is 1.70. The summed E-state index contributed by atoms with van der Waals surface area (Å²) in [6.07, 6.45) is 2.32. The second kappa shape index (κ2) is 7.21. The molecule has 3 heterocycles. The van der Waals surface area contributed by atoms with E-state index in [2.05, 4.69) is 4.99 Å². The number of aliphatic imine (C=N–C) groups is 1. The van der Waals surface area contributed by atoms with E-state index in [-0.39, 0.29) is 18.0 Å². The molecule has 2 aromatic rings. The Morgan fingerprint density at radius 3 is 2.60 bits per heavy atom. The van der Waals surface area contributed by atoms with Crippen LogP contribution in [0.2, 0.25) is 0 Å². The predicted molar refractivity (Wildman–Crippen MR) is 107 cm³/mol. The third-order valence-electron chi connectivity index (χ3n) is 5.98. The van der Waals surface area contributed by atoms with Gasteiger partial charge in [-0.1, -0.05) is 6.07 Å². The van der Waals surface area contributed by atoms with Crippen molar-refractivity contribution in [2.75, 3.05) is 20.3 Å². The van der Waals surface area contributed by atoms with Crippen molar-refractivity contribution < 1.29 is 23.1 Å². The Labute approximate surface area is 173 Å². The van der Waals surface area contributed by atoms with Crippen LogP contribution in [0.4, 0.5) is 8.78 Å². The first-order valence-corrected chi connectivity index (χ1v) is 10.1. The molecule has 0 saturated carbocycles. The molecule has 1 spiro atoms. The van der Waals surface area contributed by atoms with Crippen molar-refractivity contribution in [1.82, 2.24) is 5.06 Å². The van der Waals surface area contributed by atoms with Gasteiger partial charge in [0, 0.05) is 32.1 Å². The number of hydroxylamine groups is 2. The first-order chi connectivity index (χ1) is 14.4. The van der Waals surface area contributed by atoms with Gasteiger partial charge >= 0.3 is 0 Å². The van der Waals surface area contributed by atoms with E-state index in [1.54, 1.807) is 19.2 Å². The molecule has 2 N–H and O–H groups in total. The van der Waals surface area contributed by atoms with E-state index in [0.717, 1.165) is 25.5 Å². The summed E-state index contributed by atoms with van der Waals surface area (Å²) in [6, 6.07) is 8.84. The van der Waals surface area contributed by atoms with Crippen molar-refractivity contribution in [3.63, 3.8) is 0 Å². The van der Waals surface area contributed by atoms with Gasteiger partial charge in [-0.25, -0.2) is 23.7 Å². The molecule has 158 valence electrons. The van der Waals surface area contributed by atoms with Gasteiger partial charge < -0.3 is 15.2 Å². The number of nitrogens with two attached hydrogens (primary N) is 1. The van der Waals surface area contributed by atoms with Gasteiger partial charge in [-0.3, -0.25) is 0 Å². The number of rotatable bonds is 2. The van der Waals surface area contributed by atoms with Crippen LogP contribution < -0.4 is 10.5 Å². The van der Waals surface area contributed by atoms with E-state index in [1.807, 2.05) is 6.07 Å². The summed E-state index contributed by atoms with van der Waals surface area (Å²) in [6.45, 7) is 1.40. The molecule has 0 radical (unpaired) electrons. The molecule has 3 aliphatic heterocycles. The van der Waals surface area contributed by atoms with Crippen molar-refractivity contribution in [3.8, 4) is 16.9 Å². The van der Waals surface area contributed by atoms with Crippen LogP contribution in [-0.2, 0) is 15.3 Å². The highest BCUT2D eigenvalue weighted by Gasteiger charge is 2.50. The summed E-state index contributed by atoms with van der Waals surface area (Å²) in [4.78, 5) is 10.8. The second-order valence-corrected chi connectivity index (χ2v) is 8.05. The molecule has 0 amide bonds. The Kier molecular flexibility index (Phi) is 4.63. The zero-order valence-corrected chi connectivity index (χ0v) is 16.6. The first kappa shape index (κ1) is 19.3. The lowest BCUT2D eigenvalue weighted by Gasteiger charge is -2.41. The topological polar surface area (TPSA) is 69.3 Å². The highest BCUT2D eigenvalue weighted by molar-refractivity contribution is 5.79. The number of guanidine groups is 1. The Balaban J connectivity index is 1.58. The maximum Gasteiger partial charge on any atom is 0.221 e. The fraction of sp³-hybridized carbons (Fsp3) is 0.409. The molecule has 6 nitrogen and oxygen atoms in total. The van der Waals surface area contributed by atoms with Crippen molar-refractivity contribution in [1.29, 1.82) is 0 Å². The minimum atomic E-state index is -1.05. The molecule has 3 aliphatic rings. The summed E-state index contributed by atoms with van der Waals surface area (Å²) in [5.41, 5.74) is 6.75. The highest BCUT2D eigenvalue weighted by atomic mass is 19.1. The lowest BCUT2D eigenvalue weighted by atomic mass is 9.84. The molecular formula is C22H23F2N3O3. The maximum atomic E-state index is 13.8. The van der Waals surface area contributed by atoms with Crippen molar-refractivity contribution in [2.24, 2.45) is 16.6 Å². The molecule has 1 fully saturated rings. The number of halogens is 2. The largest absolute Gasteiger partial charge is 0.489 e. The molecular weight excluding hydrogens is 392 g/mol. The molecule has 8 heteroatoms. The lowest BCUT2D eigenvalue weighted by Crippen LogP contribution is -2.44. The van der Waals surface area contributed by atoms with E-state index >= 15 is 0 Å². The fourth-order valence-corrected chi connectivity index (χ4v) is 4.49. The van der Waals surface area contributed by atoms with Crippen LogP contribution in [0, 0.1) is 17.6 Å². The molecule has 2 aromatic carbocycles. The molecule has 1 saturated heterocycles. The smallest absolute Gasteiger partial charge is 0.221 e. The first-order valence-electron chi connectivity index (χ1n) is 10.1. The van der Waals surface area contributed by atoms with Crippen LogP contribution in [0.1, 0.15) is 24.8 Å². The van der Waals surface area contributed by atoms with E-state index in [9.17, 15) is 8.78 Å². The Morgan fingerprint density at radius 2 is 1.93 bits per heavy atom. The van der Waals surface area contributed by atoms with Crippen LogP contribution in [0.15, 0.2) is 41.4 Å². The second-order valence-electron chi connectivity index (χ2n) is 8.05. The maximum absolute atomic E-state index is 13.8. The van der Waals surface area contributed by atoms with Gasteiger partial charge in [-0.2, -0.15) is 0 Å². The Bertz CT molecular complexity index is 989. The van der Waals surface area contributed by atoms with Crippen LogP contribution in [-0.4, -0.2) is 37.4 Å². The minimum absolute atomic E-state index is 0.140. The highest BCUT2D eigenvalue weighted by Crippen LogP contribution is 2.48. The number of ether oxygens (including phenoxy) is 2. The van der Waals surface area contributed by atoms with E-state index < -0.39 is 17.4 Å². The number of nitrogens with zero attached hydrogens (tertiary/aromatic N) is 2. The van der Waals surface area contributed by atoms with E-state index in [4.69, 9.17) is 20.0 Å². The average Bonchev–Trinajstić information content (AvgIpc) is 3.01. The quantitative estimate of drug-likeness (QED) is 0.812. The fourth-order valence-electron chi connectivity index (χ4n) is 4.49. The molecule has 0 bridgehead atoms. The summed E-state index contributed by atoms with van der Waals surface area (Å²) in [5, 5.41) is 1.44. The average molecular weight is 415 g/mol. The van der Waals surface area contributed by atoms with Crippen LogP contribution in [0.25, 0.3) is 11.1 Å². The molecule has 0 aromatic heterocycles. The van der Waals surface area contributed by atoms with Crippen LogP contribution in [0.5, 0.6) is 5.75 Å².